The van der Waals surface area contributed by atoms with Crippen molar-refractivity contribution in [3.8, 4) is 0 Å². The summed E-state index contributed by atoms with van der Waals surface area (Å²) in [6.45, 7) is 5.34. The molecule has 2 N–H and O–H groups in total. The molecule has 1 aromatic heterocycles. The summed E-state index contributed by atoms with van der Waals surface area (Å²) in [5.41, 5.74) is 8.17. The van der Waals surface area contributed by atoms with E-state index in [2.05, 4.69) is 29.1 Å². The predicted octanol–water partition coefficient (Wildman–Crippen LogP) is 1.58. The standard InChI is InChI=1S/C15H25N3O/c1-12-4-3-5-14(17-12)11-18(2)15(10-16)13-6-8-19-9-7-13/h3-5,13,15H,6-11,16H2,1-2H3. The molecule has 1 unspecified atom stereocenters. The van der Waals surface area contributed by atoms with Gasteiger partial charge in [-0.1, -0.05) is 6.07 Å². The number of aromatic nitrogens is 1. The first-order chi connectivity index (χ1) is 9.20. The van der Waals surface area contributed by atoms with Gasteiger partial charge >= 0.3 is 0 Å². The van der Waals surface area contributed by atoms with Gasteiger partial charge in [-0.05, 0) is 44.9 Å². The Kier molecular flexibility index (Phi) is 5.31. The lowest BCUT2D eigenvalue weighted by molar-refractivity contribution is 0.0319. The number of ether oxygens (including phenoxy) is 1. The Balaban J connectivity index is 1.97. The van der Waals surface area contributed by atoms with Crippen LogP contribution in [0.25, 0.3) is 0 Å². The Hall–Kier alpha value is -0.970. The third-order valence-corrected chi connectivity index (χ3v) is 3.98. The molecular weight excluding hydrogens is 238 g/mol. The zero-order valence-corrected chi connectivity index (χ0v) is 12.0. The first-order valence-electron chi connectivity index (χ1n) is 7.11. The molecule has 19 heavy (non-hydrogen) atoms. The van der Waals surface area contributed by atoms with Crippen LogP contribution in [0, 0.1) is 12.8 Å². The zero-order chi connectivity index (χ0) is 13.7. The van der Waals surface area contributed by atoms with Crippen LogP contribution < -0.4 is 5.73 Å². The quantitative estimate of drug-likeness (QED) is 0.876. The van der Waals surface area contributed by atoms with Crippen molar-refractivity contribution in [1.29, 1.82) is 0 Å². The number of likely N-dealkylation sites (N-methyl/N-ethyl adjacent to an activating group) is 1. The van der Waals surface area contributed by atoms with Gasteiger partial charge in [-0.2, -0.15) is 0 Å². The average molecular weight is 263 g/mol. The third-order valence-electron chi connectivity index (χ3n) is 3.98. The van der Waals surface area contributed by atoms with Gasteiger partial charge in [-0.3, -0.25) is 9.88 Å². The Morgan fingerprint density at radius 3 is 2.79 bits per heavy atom. The first kappa shape index (κ1) is 14.4. The molecule has 4 nitrogen and oxygen atoms in total. The molecule has 0 radical (unpaired) electrons. The molecule has 1 aromatic rings. The summed E-state index contributed by atoms with van der Waals surface area (Å²) in [7, 11) is 2.15. The second-order valence-electron chi connectivity index (χ2n) is 5.44. The van der Waals surface area contributed by atoms with Crippen LogP contribution in [-0.4, -0.2) is 42.7 Å². The van der Waals surface area contributed by atoms with Crippen LogP contribution >= 0.6 is 0 Å². The number of nitrogens with zero attached hydrogens (tertiary/aromatic N) is 2. The van der Waals surface area contributed by atoms with Crippen LogP contribution in [0.4, 0.5) is 0 Å². The van der Waals surface area contributed by atoms with Gasteiger partial charge < -0.3 is 10.5 Å². The van der Waals surface area contributed by atoms with Crippen molar-refractivity contribution in [1.82, 2.24) is 9.88 Å². The second-order valence-corrected chi connectivity index (χ2v) is 5.44. The van der Waals surface area contributed by atoms with E-state index in [0.29, 0.717) is 18.5 Å². The van der Waals surface area contributed by atoms with E-state index in [1.165, 1.54) is 0 Å². The molecule has 106 valence electrons. The molecule has 2 heterocycles. The van der Waals surface area contributed by atoms with Gasteiger partial charge in [-0.25, -0.2) is 0 Å². The summed E-state index contributed by atoms with van der Waals surface area (Å²) in [5, 5.41) is 0. The molecule has 1 saturated heterocycles. The van der Waals surface area contributed by atoms with Crippen LogP contribution in [0.3, 0.4) is 0 Å². The lowest BCUT2D eigenvalue weighted by Gasteiger charge is -2.35. The van der Waals surface area contributed by atoms with Crippen molar-refractivity contribution in [2.75, 3.05) is 26.8 Å². The molecule has 4 heteroatoms. The minimum atomic E-state index is 0.422. The minimum absolute atomic E-state index is 0.422. The van der Waals surface area contributed by atoms with Crippen molar-refractivity contribution >= 4 is 0 Å². The average Bonchev–Trinajstić information content (AvgIpc) is 2.41. The number of hydrogen-bond donors (Lipinski definition) is 1. The summed E-state index contributed by atoms with van der Waals surface area (Å²) < 4.78 is 5.44. The summed E-state index contributed by atoms with van der Waals surface area (Å²) in [6, 6.07) is 6.60. The van der Waals surface area contributed by atoms with Crippen LogP contribution in [0.2, 0.25) is 0 Å². The van der Waals surface area contributed by atoms with Crippen molar-refractivity contribution in [2.24, 2.45) is 11.7 Å². The lowest BCUT2D eigenvalue weighted by atomic mass is 9.90. The molecule has 0 amide bonds. The smallest absolute Gasteiger partial charge is 0.0547 e. The SMILES string of the molecule is Cc1cccc(CN(C)C(CN)C2CCOCC2)n1. The molecule has 0 aromatic carbocycles. The van der Waals surface area contributed by atoms with E-state index in [1.54, 1.807) is 0 Å². The van der Waals surface area contributed by atoms with Gasteiger partial charge in [-0.15, -0.1) is 0 Å². The lowest BCUT2D eigenvalue weighted by Crippen LogP contribution is -2.45. The highest BCUT2D eigenvalue weighted by Gasteiger charge is 2.26. The molecule has 0 bridgehead atoms. The van der Waals surface area contributed by atoms with Crippen LogP contribution in [-0.2, 0) is 11.3 Å². The fourth-order valence-electron chi connectivity index (χ4n) is 2.89. The summed E-state index contributed by atoms with van der Waals surface area (Å²) >= 11 is 0. The Morgan fingerprint density at radius 2 is 2.16 bits per heavy atom. The fourth-order valence-corrected chi connectivity index (χ4v) is 2.89. The normalized spacial score (nSPS) is 18.7. The highest BCUT2D eigenvalue weighted by molar-refractivity contribution is 5.09. The number of aryl methyl sites for hydroxylation is 1. The summed E-state index contributed by atoms with van der Waals surface area (Å²) in [6.07, 6.45) is 2.24. The number of rotatable bonds is 5. The van der Waals surface area contributed by atoms with E-state index in [4.69, 9.17) is 10.5 Å². The van der Waals surface area contributed by atoms with Crippen molar-refractivity contribution in [2.45, 2.75) is 32.4 Å². The summed E-state index contributed by atoms with van der Waals surface area (Å²) in [5.74, 6) is 0.647. The van der Waals surface area contributed by atoms with Crippen LogP contribution in [0.5, 0.6) is 0 Å². The summed E-state index contributed by atoms with van der Waals surface area (Å²) in [4.78, 5) is 6.91. The maximum atomic E-state index is 5.99. The third kappa shape index (κ3) is 4.00. The van der Waals surface area contributed by atoms with E-state index in [1.807, 2.05) is 13.0 Å². The fraction of sp³-hybridized carbons (Fsp3) is 0.667. The minimum Gasteiger partial charge on any atom is -0.381 e. The van der Waals surface area contributed by atoms with Crippen molar-refractivity contribution in [3.05, 3.63) is 29.6 Å². The topological polar surface area (TPSA) is 51.4 Å². The van der Waals surface area contributed by atoms with Crippen LogP contribution in [0.1, 0.15) is 24.2 Å². The maximum absolute atomic E-state index is 5.99. The zero-order valence-electron chi connectivity index (χ0n) is 12.0. The Morgan fingerprint density at radius 1 is 1.42 bits per heavy atom. The molecule has 1 aliphatic rings. The van der Waals surface area contributed by atoms with Gasteiger partial charge in [0.05, 0.1) is 5.69 Å². The van der Waals surface area contributed by atoms with Gasteiger partial charge in [0.25, 0.3) is 0 Å². The highest BCUT2D eigenvalue weighted by atomic mass is 16.5. The number of pyridine rings is 1. The van der Waals surface area contributed by atoms with E-state index in [9.17, 15) is 0 Å². The van der Waals surface area contributed by atoms with Gasteiger partial charge in [0.15, 0.2) is 0 Å². The number of nitrogens with two attached hydrogens (primary N) is 1. The van der Waals surface area contributed by atoms with Gasteiger partial charge in [0.1, 0.15) is 0 Å². The van der Waals surface area contributed by atoms with Crippen molar-refractivity contribution in [3.63, 3.8) is 0 Å². The maximum Gasteiger partial charge on any atom is 0.0547 e. The first-order valence-corrected chi connectivity index (χ1v) is 7.11. The number of hydrogen-bond acceptors (Lipinski definition) is 4. The van der Waals surface area contributed by atoms with E-state index < -0.39 is 0 Å². The highest BCUT2D eigenvalue weighted by Crippen LogP contribution is 2.22. The monoisotopic (exact) mass is 263 g/mol. The van der Waals surface area contributed by atoms with Gasteiger partial charge in [0.2, 0.25) is 0 Å². The van der Waals surface area contributed by atoms with E-state index >= 15 is 0 Å². The van der Waals surface area contributed by atoms with Gasteiger partial charge in [0, 0.05) is 38.0 Å². The molecule has 1 aliphatic heterocycles. The Labute approximate surface area is 116 Å². The van der Waals surface area contributed by atoms with E-state index in [0.717, 1.165) is 44.0 Å². The Bertz CT molecular complexity index is 391. The molecule has 1 atom stereocenters. The van der Waals surface area contributed by atoms with E-state index in [-0.39, 0.29) is 0 Å². The largest absolute Gasteiger partial charge is 0.381 e. The molecule has 1 fully saturated rings. The molecule has 2 rings (SSSR count). The molecule has 0 spiro atoms. The molecule has 0 aliphatic carbocycles. The molecule has 0 saturated carbocycles. The second kappa shape index (κ2) is 6.98. The van der Waals surface area contributed by atoms with Crippen LogP contribution in [0.15, 0.2) is 18.2 Å². The van der Waals surface area contributed by atoms with Crippen molar-refractivity contribution < 1.29 is 4.74 Å². The predicted molar refractivity (Wildman–Crippen MR) is 76.8 cm³/mol. The molecular formula is C15H25N3O.